The molecule has 2 fully saturated rings. The molecule has 1 N–H and O–H groups in total. The van der Waals surface area contributed by atoms with Gasteiger partial charge in [0.25, 0.3) is 0 Å². The van der Waals surface area contributed by atoms with Crippen LogP contribution in [-0.4, -0.2) is 48.8 Å². The summed E-state index contributed by atoms with van der Waals surface area (Å²) in [4.78, 5) is 19.1. The molecule has 2 rings (SSSR count). The summed E-state index contributed by atoms with van der Waals surface area (Å²) in [7, 11) is 0. The molecule has 2 atom stereocenters. The smallest absolute Gasteiger partial charge is 0.236 e. The van der Waals surface area contributed by atoms with Gasteiger partial charge in [-0.25, -0.2) is 0 Å². The van der Waals surface area contributed by atoms with E-state index in [1.165, 1.54) is 0 Å². The van der Waals surface area contributed by atoms with Crippen molar-refractivity contribution in [2.24, 2.45) is 11.1 Å². The van der Waals surface area contributed by atoms with Crippen molar-refractivity contribution in [1.29, 1.82) is 0 Å². The average molecular weight is 281 g/mol. The molecule has 0 bridgehead atoms. The molecule has 1 amide bonds. The van der Waals surface area contributed by atoms with Crippen molar-refractivity contribution in [3.05, 3.63) is 0 Å². The fourth-order valence-corrected chi connectivity index (χ4v) is 3.10. The van der Waals surface area contributed by atoms with Gasteiger partial charge in [-0.15, -0.1) is 0 Å². The number of carbonyl (C=O) groups excluding carboxylic acids is 1. The Kier molecular flexibility index (Phi) is 5.83. The van der Waals surface area contributed by atoms with E-state index >= 15 is 0 Å². The molecule has 1 saturated heterocycles. The second kappa shape index (κ2) is 7.62. The van der Waals surface area contributed by atoms with Crippen molar-refractivity contribution in [1.82, 2.24) is 10.2 Å². The summed E-state index contributed by atoms with van der Waals surface area (Å²) in [5.41, 5.74) is 1.09. The first kappa shape index (κ1) is 15.3. The molecule has 0 aromatic carbocycles. The Balaban J connectivity index is 1.69. The van der Waals surface area contributed by atoms with E-state index < -0.39 is 0 Å². The molecular formula is C15H27N3O2. The van der Waals surface area contributed by atoms with Gasteiger partial charge in [0.1, 0.15) is 6.61 Å². The number of nitrogens with zero attached hydrogens (tertiary/aromatic N) is 2. The first-order valence-corrected chi connectivity index (χ1v) is 7.88. The van der Waals surface area contributed by atoms with Crippen LogP contribution >= 0.6 is 0 Å². The van der Waals surface area contributed by atoms with E-state index in [2.05, 4.69) is 10.5 Å². The maximum atomic E-state index is 12.0. The summed E-state index contributed by atoms with van der Waals surface area (Å²) in [5.74, 6) is 0.756. The van der Waals surface area contributed by atoms with Gasteiger partial charge in [-0.1, -0.05) is 5.16 Å². The highest BCUT2D eigenvalue weighted by Gasteiger charge is 2.27. The number of carbonyl (C=O) groups is 1. The molecule has 114 valence electrons. The lowest BCUT2D eigenvalue weighted by Gasteiger charge is -2.18. The van der Waals surface area contributed by atoms with E-state index in [1.807, 2.05) is 18.7 Å². The van der Waals surface area contributed by atoms with E-state index in [9.17, 15) is 4.79 Å². The first-order valence-electron chi connectivity index (χ1n) is 7.88. The minimum atomic E-state index is 0.255. The van der Waals surface area contributed by atoms with Gasteiger partial charge in [-0.2, -0.15) is 0 Å². The molecule has 0 spiro atoms. The Labute approximate surface area is 121 Å². The molecule has 1 saturated carbocycles. The molecule has 1 heterocycles. The highest BCUT2D eigenvalue weighted by atomic mass is 16.6. The quantitative estimate of drug-likeness (QED) is 0.596. The number of oxime groups is 1. The van der Waals surface area contributed by atoms with Gasteiger partial charge in [0.05, 0.1) is 12.3 Å². The van der Waals surface area contributed by atoms with Crippen molar-refractivity contribution in [2.45, 2.75) is 52.0 Å². The molecule has 2 aliphatic rings. The molecule has 1 aliphatic heterocycles. The predicted molar refractivity (Wildman–Crippen MR) is 79.7 cm³/mol. The second-order valence-electron chi connectivity index (χ2n) is 5.83. The Morgan fingerprint density at radius 2 is 2.10 bits per heavy atom. The van der Waals surface area contributed by atoms with Crippen LogP contribution in [-0.2, 0) is 9.63 Å². The van der Waals surface area contributed by atoms with Crippen LogP contribution in [0.5, 0.6) is 0 Å². The maximum absolute atomic E-state index is 12.0. The second-order valence-corrected chi connectivity index (χ2v) is 5.83. The molecule has 0 aromatic rings. The fourth-order valence-electron chi connectivity index (χ4n) is 3.10. The van der Waals surface area contributed by atoms with E-state index in [-0.39, 0.29) is 5.91 Å². The minimum absolute atomic E-state index is 0.255. The van der Waals surface area contributed by atoms with Gasteiger partial charge in [0, 0.05) is 25.0 Å². The van der Waals surface area contributed by atoms with Gasteiger partial charge in [-0.3, -0.25) is 4.79 Å². The van der Waals surface area contributed by atoms with E-state index in [4.69, 9.17) is 4.84 Å². The molecule has 0 aromatic heterocycles. The van der Waals surface area contributed by atoms with Crippen LogP contribution in [0.1, 0.15) is 46.0 Å². The summed E-state index contributed by atoms with van der Waals surface area (Å²) in [6, 6.07) is 0.443. The third-order valence-electron chi connectivity index (χ3n) is 4.36. The van der Waals surface area contributed by atoms with E-state index in [0.717, 1.165) is 50.9 Å². The minimum Gasteiger partial charge on any atom is -0.396 e. The SMILES string of the molecule is CCO/N=C(\C)C1CCC(NCC(=O)N2CCCC2)C1. The highest BCUT2D eigenvalue weighted by molar-refractivity contribution is 5.84. The molecule has 20 heavy (non-hydrogen) atoms. The Morgan fingerprint density at radius 1 is 1.35 bits per heavy atom. The Morgan fingerprint density at radius 3 is 2.80 bits per heavy atom. The Hall–Kier alpha value is -1.10. The summed E-state index contributed by atoms with van der Waals surface area (Å²) >= 11 is 0. The summed E-state index contributed by atoms with van der Waals surface area (Å²) < 4.78 is 0. The zero-order valence-electron chi connectivity index (χ0n) is 12.7. The molecule has 0 radical (unpaired) electrons. The number of amides is 1. The molecular weight excluding hydrogens is 254 g/mol. The summed E-state index contributed by atoms with van der Waals surface area (Å²) in [5, 5.41) is 7.54. The number of rotatable bonds is 6. The number of hydrogen-bond donors (Lipinski definition) is 1. The highest BCUT2D eigenvalue weighted by Crippen LogP contribution is 2.27. The van der Waals surface area contributed by atoms with Gasteiger partial charge < -0.3 is 15.1 Å². The maximum Gasteiger partial charge on any atom is 0.236 e. The number of nitrogens with one attached hydrogen (secondary N) is 1. The lowest BCUT2D eigenvalue weighted by molar-refractivity contribution is -0.129. The van der Waals surface area contributed by atoms with Crippen LogP contribution in [0.15, 0.2) is 5.16 Å². The number of likely N-dealkylation sites (tertiary alicyclic amines) is 1. The third kappa shape index (κ3) is 4.20. The van der Waals surface area contributed by atoms with Crippen molar-refractivity contribution in [2.75, 3.05) is 26.2 Å². The summed E-state index contributed by atoms with van der Waals surface area (Å²) in [6.45, 7) is 6.97. The molecule has 5 heteroatoms. The lowest BCUT2D eigenvalue weighted by atomic mass is 10.0. The zero-order valence-corrected chi connectivity index (χ0v) is 12.7. The third-order valence-corrected chi connectivity index (χ3v) is 4.36. The van der Waals surface area contributed by atoms with E-state index in [0.29, 0.717) is 25.1 Å². The zero-order chi connectivity index (χ0) is 14.4. The topological polar surface area (TPSA) is 53.9 Å². The lowest BCUT2D eigenvalue weighted by Crippen LogP contribution is -2.39. The predicted octanol–water partition coefficient (Wildman–Crippen LogP) is 1.78. The monoisotopic (exact) mass is 281 g/mol. The van der Waals surface area contributed by atoms with E-state index in [1.54, 1.807) is 0 Å². The fraction of sp³-hybridized carbons (Fsp3) is 0.867. The standard InChI is InChI=1S/C15H27N3O2/c1-3-20-17-12(2)13-6-7-14(10-13)16-11-15(19)18-8-4-5-9-18/h13-14,16H,3-11H2,1-2H3/b17-12+. The van der Waals surface area contributed by atoms with Gasteiger partial charge in [0.15, 0.2) is 0 Å². The van der Waals surface area contributed by atoms with Crippen molar-refractivity contribution >= 4 is 11.6 Å². The van der Waals surface area contributed by atoms with Crippen molar-refractivity contribution in [3.63, 3.8) is 0 Å². The van der Waals surface area contributed by atoms with Crippen LogP contribution in [0.25, 0.3) is 0 Å². The average Bonchev–Trinajstić information content (AvgIpc) is 3.12. The van der Waals surface area contributed by atoms with Gasteiger partial charge >= 0.3 is 0 Å². The number of hydrogen-bond acceptors (Lipinski definition) is 4. The van der Waals surface area contributed by atoms with Crippen LogP contribution in [0.4, 0.5) is 0 Å². The normalized spacial score (nSPS) is 27.1. The van der Waals surface area contributed by atoms with Gasteiger partial charge in [-0.05, 0) is 46.0 Å². The molecule has 5 nitrogen and oxygen atoms in total. The Bertz CT molecular complexity index is 351. The summed E-state index contributed by atoms with van der Waals surface area (Å²) in [6.07, 6.45) is 5.64. The largest absolute Gasteiger partial charge is 0.396 e. The van der Waals surface area contributed by atoms with Gasteiger partial charge in [0.2, 0.25) is 5.91 Å². The van der Waals surface area contributed by atoms with Crippen LogP contribution in [0.3, 0.4) is 0 Å². The van der Waals surface area contributed by atoms with Crippen LogP contribution < -0.4 is 5.32 Å². The molecule has 1 aliphatic carbocycles. The van der Waals surface area contributed by atoms with Crippen LogP contribution in [0, 0.1) is 5.92 Å². The van der Waals surface area contributed by atoms with Crippen molar-refractivity contribution < 1.29 is 9.63 Å². The van der Waals surface area contributed by atoms with Crippen molar-refractivity contribution in [3.8, 4) is 0 Å². The van der Waals surface area contributed by atoms with Crippen LogP contribution in [0.2, 0.25) is 0 Å². The molecule has 2 unspecified atom stereocenters. The first-order chi connectivity index (χ1) is 9.70.